The average Bonchev–Trinajstić information content (AvgIpc) is 3.20. The molecule has 9 nitrogen and oxygen atoms in total. The number of nitrogen functional groups attached to an aromatic ring is 1. The summed E-state index contributed by atoms with van der Waals surface area (Å²) in [4.78, 5) is 24.3. The van der Waals surface area contributed by atoms with Gasteiger partial charge in [0.2, 0.25) is 0 Å². The first-order valence-electron chi connectivity index (χ1n) is 8.24. The molecule has 4 heterocycles. The maximum Gasteiger partial charge on any atom is 0.404 e. The summed E-state index contributed by atoms with van der Waals surface area (Å²) in [5, 5.41) is 12.3. The second-order valence-electron chi connectivity index (χ2n) is 6.20. The van der Waals surface area contributed by atoms with Crippen LogP contribution in [0.3, 0.4) is 0 Å². The van der Waals surface area contributed by atoms with Gasteiger partial charge in [-0.2, -0.15) is 4.98 Å². The number of hydrogen-bond donors (Lipinski definition) is 3. The number of morpholine rings is 1. The molecule has 1 amide bonds. The Morgan fingerprint density at radius 2 is 2.12 bits per heavy atom. The molecule has 0 radical (unpaired) electrons. The first-order chi connectivity index (χ1) is 12.1. The van der Waals surface area contributed by atoms with Crippen molar-refractivity contribution in [3.63, 3.8) is 0 Å². The number of anilines is 3. The highest BCUT2D eigenvalue weighted by atomic mass is 32.1. The van der Waals surface area contributed by atoms with Gasteiger partial charge in [-0.3, -0.25) is 0 Å². The number of carboxylic acid groups (broad SMARTS) is 1. The van der Waals surface area contributed by atoms with E-state index in [0.717, 1.165) is 29.3 Å². The summed E-state index contributed by atoms with van der Waals surface area (Å²) in [6.45, 7) is 4.36. The van der Waals surface area contributed by atoms with Crippen LogP contribution in [0.4, 0.5) is 21.4 Å². The van der Waals surface area contributed by atoms with E-state index in [0.29, 0.717) is 43.5 Å². The maximum atomic E-state index is 10.8. The summed E-state index contributed by atoms with van der Waals surface area (Å²) in [6.07, 6.45) is -0.264. The lowest BCUT2D eigenvalue weighted by Gasteiger charge is -2.25. The fourth-order valence-corrected chi connectivity index (χ4v) is 4.25. The summed E-state index contributed by atoms with van der Waals surface area (Å²) >= 11 is 1.59. The second-order valence-corrected chi connectivity index (χ2v) is 7.21. The number of pyridine rings is 1. The zero-order chi connectivity index (χ0) is 17.4. The largest absolute Gasteiger partial charge is 0.465 e. The van der Waals surface area contributed by atoms with E-state index < -0.39 is 6.09 Å². The van der Waals surface area contributed by atoms with Gasteiger partial charge in [-0.1, -0.05) is 11.3 Å². The minimum Gasteiger partial charge on any atom is -0.465 e. The summed E-state index contributed by atoms with van der Waals surface area (Å²) in [7, 11) is 0. The molecule has 0 aromatic carbocycles. The molecule has 2 aromatic rings. The highest BCUT2D eigenvalue weighted by Crippen LogP contribution is 2.34. The predicted octanol–water partition coefficient (Wildman–Crippen LogP) is 0.956. The van der Waals surface area contributed by atoms with Crippen LogP contribution in [0, 0.1) is 0 Å². The number of nitrogens with one attached hydrogen (secondary N) is 1. The molecule has 0 aliphatic carbocycles. The molecule has 0 bridgehead atoms. The van der Waals surface area contributed by atoms with E-state index in [2.05, 4.69) is 20.2 Å². The Balaban J connectivity index is 1.58. The van der Waals surface area contributed by atoms with Gasteiger partial charge in [-0.05, 0) is 12.5 Å². The van der Waals surface area contributed by atoms with Gasteiger partial charge in [0, 0.05) is 26.2 Å². The van der Waals surface area contributed by atoms with E-state index in [4.69, 9.17) is 15.6 Å². The number of carbonyl (C=O) groups is 1. The molecule has 1 atom stereocenters. The molecule has 1 unspecified atom stereocenters. The Morgan fingerprint density at radius 3 is 2.88 bits per heavy atom. The molecule has 25 heavy (non-hydrogen) atoms. The number of hydrogen-bond acceptors (Lipinski definition) is 8. The third kappa shape index (κ3) is 3.27. The SMILES string of the molecule is Nc1cc2sc(N3CCOCC3)nc2nc1N1CCC(NC(=O)O)C1. The van der Waals surface area contributed by atoms with Crippen LogP contribution in [0.25, 0.3) is 10.3 Å². The lowest BCUT2D eigenvalue weighted by molar-refractivity contribution is 0.122. The fourth-order valence-electron chi connectivity index (χ4n) is 3.25. The standard InChI is InChI=1S/C15H20N6O3S/c16-10-7-11-12(19-14(25-11)20-3-5-24-6-4-20)18-13(10)21-2-1-9(8-21)17-15(22)23/h7,9,17H,1-6,8,16H2,(H,22,23). The number of thiazole rings is 1. The van der Waals surface area contributed by atoms with Gasteiger partial charge in [-0.15, -0.1) is 0 Å². The highest BCUT2D eigenvalue weighted by molar-refractivity contribution is 7.22. The van der Waals surface area contributed by atoms with Crippen molar-refractivity contribution in [2.75, 3.05) is 54.9 Å². The molecule has 2 aromatic heterocycles. The van der Waals surface area contributed by atoms with Crippen molar-refractivity contribution in [2.24, 2.45) is 0 Å². The van der Waals surface area contributed by atoms with Gasteiger partial charge >= 0.3 is 6.09 Å². The molecule has 2 aliphatic rings. The number of ether oxygens (including phenoxy) is 1. The van der Waals surface area contributed by atoms with Crippen LogP contribution in [0.15, 0.2) is 6.07 Å². The molecule has 10 heteroatoms. The highest BCUT2D eigenvalue weighted by Gasteiger charge is 2.27. The van der Waals surface area contributed by atoms with Crippen LogP contribution < -0.4 is 20.9 Å². The zero-order valence-electron chi connectivity index (χ0n) is 13.6. The number of amides is 1. The second kappa shape index (κ2) is 6.52. The molecule has 0 spiro atoms. The monoisotopic (exact) mass is 364 g/mol. The van der Waals surface area contributed by atoms with Crippen LogP contribution in [0.1, 0.15) is 6.42 Å². The summed E-state index contributed by atoms with van der Waals surface area (Å²) in [5.74, 6) is 0.681. The van der Waals surface area contributed by atoms with E-state index in [1.165, 1.54) is 0 Å². The number of rotatable bonds is 3. The van der Waals surface area contributed by atoms with Crippen molar-refractivity contribution >= 4 is 44.4 Å². The number of fused-ring (bicyclic) bond motifs is 1. The Hall–Kier alpha value is -2.33. The molecule has 4 N–H and O–H groups in total. The summed E-state index contributed by atoms with van der Waals surface area (Å²) < 4.78 is 6.34. The van der Waals surface area contributed by atoms with Crippen LogP contribution in [0.2, 0.25) is 0 Å². The molecule has 2 saturated heterocycles. The quantitative estimate of drug-likeness (QED) is 0.737. The van der Waals surface area contributed by atoms with E-state index in [-0.39, 0.29) is 6.04 Å². The number of aromatic nitrogens is 2. The van der Waals surface area contributed by atoms with Crippen LogP contribution in [0.5, 0.6) is 0 Å². The van der Waals surface area contributed by atoms with E-state index in [1.807, 2.05) is 11.0 Å². The zero-order valence-corrected chi connectivity index (χ0v) is 14.5. The topological polar surface area (TPSA) is 117 Å². The number of nitrogens with two attached hydrogens (primary N) is 1. The Morgan fingerprint density at radius 1 is 1.32 bits per heavy atom. The molecule has 2 fully saturated rings. The molecular formula is C15H20N6O3S. The normalized spacial score (nSPS) is 21.0. The predicted molar refractivity (Wildman–Crippen MR) is 96.6 cm³/mol. The molecular weight excluding hydrogens is 344 g/mol. The van der Waals surface area contributed by atoms with Crippen molar-refractivity contribution in [3.8, 4) is 0 Å². The van der Waals surface area contributed by atoms with Gasteiger partial charge < -0.3 is 30.7 Å². The van der Waals surface area contributed by atoms with Gasteiger partial charge in [0.25, 0.3) is 0 Å². The smallest absolute Gasteiger partial charge is 0.404 e. The Kier molecular flexibility index (Phi) is 4.22. The van der Waals surface area contributed by atoms with Crippen LogP contribution in [-0.2, 0) is 4.74 Å². The minimum absolute atomic E-state index is 0.103. The van der Waals surface area contributed by atoms with Crippen LogP contribution in [-0.4, -0.2) is 66.6 Å². The lowest BCUT2D eigenvalue weighted by atomic mass is 10.3. The average molecular weight is 364 g/mol. The van der Waals surface area contributed by atoms with Crippen molar-refractivity contribution in [3.05, 3.63) is 6.07 Å². The molecule has 4 rings (SSSR count). The van der Waals surface area contributed by atoms with Gasteiger partial charge in [0.1, 0.15) is 0 Å². The van der Waals surface area contributed by atoms with Crippen molar-refractivity contribution in [2.45, 2.75) is 12.5 Å². The van der Waals surface area contributed by atoms with Crippen molar-refractivity contribution in [1.29, 1.82) is 0 Å². The maximum absolute atomic E-state index is 10.8. The van der Waals surface area contributed by atoms with E-state index in [1.54, 1.807) is 11.3 Å². The summed E-state index contributed by atoms with van der Waals surface area (Å²) in [6, 6.07) is 1.81. The number of nitrogens with zero attached hydrogens (tertiary/aromatic N) is 4. The molecule has 2 aliphatic heterocycles. The fraction of sp³-hybridized carbons (Fsp3) is 0.533. The van der Waals surface area contributed by atoms with Crippen molar-refractivity contribution in [1.82, 2.24) is 15.3 Å². The lowest BCUT2D eigenvalue weighted by Crippen LogP contribution is -2.36. The van der Waals surface area contributed by atoms with E-state index >= 15 is 0 Å². The third-order valence-corrected chi connectivity index (χ3v) is 5.53. The minimum atomic E-state index is -1.00. The molecule has 134 valence electrons. The Labute approximate surface area is 148 Å². The van der Waals surface area contributed by atoms with Gasteiger partial charge in [-0.25, -0.2) is 9.78 Å². The van der Waals surface area contributed by atoms with Crippen LogP contribution >= 0.6 is 11.3 Å². The molecule has 0 saturated carbocycles. The van der Waals surface area contributed by atoms with E-state index in [9.17, 15) is 4.79 Å². The van der Waals surface area contributed by atoms with Gasteiger partial charge in [0.15, 0.2) is 16.6 Å². The first kappa shape index (κ1) is 16.2. The van der Waals surface area contributed by atoms with Gasteiger partial charge in [0.05, 0.1) is 29.6 Å². The summed E-state index contributed by atoms with van der Waals surface area (Å²) in [5.41, 5.74) is 7.49. The van der Waals surface area contributed by atoms with Crippen molar-refractivity contribution < 1.29 is 14.6 Å². The third-order valence-electron chi connectivity index (χ3n) is 4.48. The Bertz CT molecular complexity index is 791. The first-order valence-corrected chi connectivity index (χ1v) is 9.06.